The van der Waals surface area contributed by atoms with Crippen LogP contribution in [0.2, 0.25) is 0 Å². The van der Waals surface area contributed by atoms with Gasteiger partial charge in [0.05, 0.1) is 0 Å². The van der Waals surface area contributed by atoms with Crippen molar-refractivity contribution in [2.45, 2.75) is 37.8 Å². The maximum absolute atomic E-state index is 11.2. The molecule has 2 aliphatic carbocycles. The highest BCUT2D eigenvalue weighted by molar-refractivity contribution is 5.74. The fourth-order valence-electron chi connectivity index (χ4n) is 3.96. The van der Waals surface area contributed by atoms with Crippen LogP contribution in [-0.4, -0.2) is 47.7 Å². The number of nitrogens with zero attached hydrogens (tertiary/aromatic N) is 1. The highest BCUT2D eigenvalue weighted by atomic mass is 16.4. The Morgan fingerprint density at radius 2 is 2.19 bits per heavy atom. The van der Waals surface area contributed by atoms with E-state index in [1.807, 2.05) is 0 Å². The summed E-state index contributed by atoms with van der Waals surface area (Å²) < 4.78 is 0. The van der Waals surface area contributed by atoms with Gasteiger partial charge in [-0.05, 0) is 31.1 Å². The van der Waals surface area contributed by atoms with E-state index in [1.54, 1.807) is 0 Å². The number of carbonyl (C=O) groups is 1. The number of aliphatic carboxylic acids is 1. The quantitative estimate of drug-likeness (QED) is 0.718. The summed E-state index contributed by atoms with van der Waals surface area (Å²) in [7, 11) is 0. The molecule has 16 heavy (non-hydrogen) atoms. The fourth-order valence-corrected chi connectivity index (χ4v) is 3.96. The van der Waals surface area contributed by atoms with E-state index >= 15 is 0 Å². The summed E-state index contributed by atoms with van der Waals surface area (Å²) in [4.78, 5) is 13.5. The Hall–Kier alpha value is -0.610. The summed E-state index contributed by atoms with van der Waals surface area (Å²) in [5.41, 5.74) is 0. The van der Waals surface area contributed by atoms with Gasteiger partial charge in [0.15, 0.2) is 0 Å². The van der Waals surface area contributed by atoms with E-state index in [-0.39, 0.29) is 6.04 Å². The third-order valence-electron chi connectivity index (χ3n) is 4.70. The molecule has 0 spiro atoms. The molecule has 1 aliphatic heterocycles. The van der Waals surface area contributed by atoms with Crippen LogP contribution in [0.3, 0.4) is 0 Å². The average Bonchev–Trinajstić information content (AvgIpc) is 2.90. The number of fused-ring (bicyclic) bond motifs is 2. The van der Waals surface area contributed by atoms with E-state index in [4.69, 9.17) is 0 Å². The van der Waals surface area contributed by atoms with Crippen molar-refractivity contribution in [3.63, 3.8) is 0 Å². The van der Waals surface area contributed by atoms with Gasteiger partial charge in [-0.2, -0.15) is 0 Å². The molecule has 3 aliphatic rings. The lowest BCUT2D eigenvalue weighted by Crippen LogP contribution is -2.59. The predicted molar refractivity (Wildman–Crippen MR) is 60.2 cm³/mol. The van der Waals surface area contributed by atoms with E-state index in [2.05, 4.69) is 10.2 Å². The lowest BCUT2D eigenvalue weighted by Gasteiger charge is -2.41. The lowest BCUT2D eigenvalue weighted by atomic mass is 9.92. The maximum atomic E-state index is 11.2. The smallest absolute Gasteiger partial charge is 0.322 e. The molecule has 0 radical (unpaired) electrons. The standard InChI is InChI=1S/C12H20N2O2/c15-12(16)11-7-13-3-4-14(11)10-6-8-1-2-9(10)5-8/h8-11,13H,1-7H2,(H,15,16). The zero-order valence-electron chi connectivity index (χ0n) is 9.56. The van der Waals surface area contributed by atoms with Gasteiger partial charge in [0.25, 0.3) is 0 Å². The molecule has 0 amide bonds. The third-order valence-corrected chi connectivity index (χ3v) is 4.70. The normalized spacial score (nSPS) is 43.8. The highest BCUT2D eigenvalue weighted by Crippen LogP contribution is 2.47. The number of nitrogens with one attached hydrogen (secondary N) is 1. The molecule has 0 aromatic rings. The van der Waals surface area contributed by atoms with Crippen LogP contribution in [-0.2, 0) is 4.79 Å². The lowest BCUT2D eigenvalue weighted by molar-refractivity contribution is -0.145. The predicted octanol–water partition coefficient (Wildman–Crippen LogP) is 0.533. The minimum absolute atomic E-state index is 0.293. The van der Waals surface area contributed by atoms with Crippen LogP contribution in [0.15, 0.2) is 0 Å². The summed E-state index contributed by atoms with van der Waals surface area (Å²) in [5.74, 6) is 1.01. The Morgan fingerprint density at radius 3 is 2.81 bits per heavy atom. The number of carboxylic acid groups (broad SMARTS) is 1. The zero-order valence-corrected chi connectivity index (χ0v) is 9.56. The molecule has 1 saturated heterocycles. The van der Waals surface area contributed by atoms with Gasteiger partial charge >= 0.3 is 5.97 Å². The molecular weight excluding hydrogens is 204 g/mol. The Labute approximate surface area is 96.0 Å². The molecule has 3 rings (SSSR count). The summed E-state index contributed by atoms with van der Waals surface area (Å²) in [6.45, 7) is 2.46. The molecule has 2 N–H and O–H groups in total. The van der Waals surface area contributed by atoms with Gasteiger partial charge in [0.2, 0.25) is 0 Å². The SMILES string of the molecule is O=C(O)C1CNCCN1C1CC2CCC1C2. The Balaban J connectivity index is 1.74. The number of rotatable bonds is 2. The minimum Gasteiger partial charge on any atom is -0.480 e. The van der Waals surface area contributed by atoms with Gasteiger partial charge in [-0.1, -0.05) is 6.42 Å². The van der Waals surface area contributed by atoms with Crippen molar-refractivity contribution in [3.8, 4) is 0 Å². The van der Waals surface area contributed by atoms with Gasteiger partial charge in [0, 0.05) is 25.7 Å². The molecule has 90 valence electrons. The molecule has 4 heteroatoms. The Bertz CT molecular complexity index is 295. The van der Waals surface area contributed by atoms with Crippen LogP contribution in [0, 0.1) is 11.8 Å². The fraction of sp³-hybridized carbons (Fsp3) is 0.917. The van der Waals surface area contributed by atoms with E-state index in [9.17, 15) is 9.90 Å². The maximum Gasteiger partial charge on any atom is 0.322 e. The van der Waals surface area contributed by atoms with E-state index in [1.165, 1.54) is 25.7 Å². The van der Waals surface area contributed by atoms with Crippen molar-refractivity contribution >= 4 is 5.97 Å². The summed E-state index contributed by atoms with van der Waals surface area (Å²) in [5, 5.41) is 12.4. The molecule has 1 heterocycles. The van der Waals surface area contributed by atoms with Crippen molar-refractivity contribution < 1.29 is 9.90 Å². The molecule has 4 unspecified atom stereocenters. The first kappa shape index (κ1) is 10.5. The van der Waals surface area contributed by atoms with Crippen LogP contribution in [0.25, 0.3) is 0 Å². The van der Waals surface area contributed by atoms with Crippen molar-refractivity contribution in [1.29, 1.82) is 0 Å². The minimum atomic E-state index is -0.657. The molecular formula is C12H20N2O2. The molecule has 0 aromatic carbocycles. The van der Waals surface area contributed by atoms with Crippen LogP contribution >= 0.6 is 0 Å². The number of hydrogen-bond acceptors (Lipinski definition) is 3. The van der Waals surface area contributed by atoms with Gasteiger partial charge in [-0.25, -0.2) is 0 Å². The van der Waals surface area contributed by atoms with E-state index < -0.39 is 5.97 Å². The second-order valence-corrected chi connectivity index (χ2v) is 5.54. The van der Waals surface area contributed by atoms with Crippen LogP contribution in [0.4, 0.5) is 0 Å². The van der Waals surface area contributed by atoms with Crippen LogP contribution in [0.5, 0.6) is 0 Å². The Kier molecular flexibility index (Phi) is 2.64. The van der Waals surface area contributed by atoms with Crippen LogP contribution in [0.1, 0.15) is 25.7 Å². The van der Waals surface area contributed by atoms with Crippen LogP contribution < -0.4 is 5.32 Å². The number of carboxylic acids is 1. The highest BCUT2D eigenvalue weighted by Gasteiger charge is 2.45. The first-order valence-electron chi connectivity index (χ1n) is 6.45. The molecule has 4 nitrogen and oxygen atoms in total. The molecule has 2 bridgehead atoms. The first-order valence-corrected chi connectivity index (χ1v) is 6.45. The second kappa shape index (κ2) is 4.00. The van der Waals surface area contributed by atoms with Gasteiger partial charge in [-0.15, -0.1) is 0 Å². The van der Waals surface area contributed by atoms with Crippen molar-refractivity contribution in [1.82, 2.24) is 10.2 Å². The molecule has 4 atom stereocenters. The van der Waals surface area contributed by atoms with Crippen molar-refractivity contribution in [3.05, 3.63) is 0 Å². The van der Waals surface area contributed by atoms with E-state index in [0.29, 0.717) is 12.6 Å². The summed E-state index contributed by atoms with van der Waals surface area (Å²) in [6.07, 6.45) is 5.30. The van der Waals surface area contributed by atoms with E-state index in [0.717, 1.165) is 24.9 Å². The second-order valence-electron chi connectivity index (χ2n) is 5.54. The topological polar surface area (TPSA) is 52.6 Å². The van der Waals surface area contributed by atoms with Crippen molar-refractivity contribution in [2.24, 2.45) is 11.8 Å². The van der Waals surface area contributed by atoms with Gasteiger partial charge in [-0.3, -0.25) is 9.69 Å². The van der Waals surface area contributed by atoms with Gasteiger partial charge in [0.1, 0.15) is 6.04 Å². The third kappa shape index (κ3) is 1.64. The summed E-state index contributed by atoms with van der Waals surface area (Å²) in [6, 6.07) is 0.264. The average molecular weight is 224 g/mol. The largest absolute Gasteiger partial charge is 0.480 e. The number of hydrogen-bond donors (Lipinski definition) is 2. The Morgan fingerprint density at radius 1 is 1.31 bits per heavy atom. The summed E-state index contributed by atoms with van der Waals surface area (Å²) >= 11 is 0. The molecule has 0 aromatic heterocycles. The number of piperazine rings is 1. The van der Waals surface area contributed by atoms with Gasteiger partial charge < -0.3 is 10.4 Å². The first-order chi connectivity index (χ1) is 7.75. The monoisotopic (exact) mass is 224 g/mol. The van der Waals surface area contributed by atoms with Crippen molar-refractivity contribution in [2.75, 3.05) is 19.6 Å². The molecule has 2 saturated carbocycles. The zero-order chi connectivity index (χ0) is 11.1. The molecule has 3 fully saturated rings.